The van der Waals surface area contributed by atoms with E-state index in [-0.39, 0.29) is 24.4 Å². The number of halogens is 3. The molecule has 114 valence electrons. The summed E-state index contributed by atoms with van der Waals surface area (Å²) in [4.78, 5) is 4.10. The molecule has 1 aromatic rings. The summed E-state index contributed by atoms with van der Waals surface area (Å²) >= 11 is 0. The molecule has 0 aliphatic heterocycles. The van der Waals surface area contributed by atoms with E-state index in [0.717, 1.165) is 32.1 Å². The lowest BCUT2D eigenvalue weighted by molar-refractivity contribution is -0.177. The SMILES string of the molecule is NC1CCCCCC1c1nc(COCC(F)(F)F)no1. The fourth-order valence-electron chi connectivity index (χ4n) is 2.38. The molecule has 1 aliphatic carbocycles. The second-order valence-corrected chi connectivity index (χ2v) is 5.07. The van der Waals surface area contributed by atoms with Gasteiger partial charge >= 0.3 is 6.18 Å². The molecule has 1 heterocycles. The van der Waals surface area contributed by atoms with E-state index < -0.39 is 12.8 Å². The molecule has 0 spiro atoms. The van der Waals surface area contributed by atoms with Crippen molar-refractivity contribution in [3.05, 3.63) is 11.7 Å². The van der Waals surface area contributed by atoms with E-state index in [1.807, 2.05) is 0 Å². The first kappa shape index (κ1) is 15.2. The van der Waals surface area contributed by atoms with E-state index in [1.54, 1.807) is 0 Å². The predicted octanol–water partition coefficient (Wildman–Crippen LogP) is 2.52. The van der Waals surface area contributed by atoms with Crippen LogP contribution in [0.3, 0.4) is 0 Å². The summed E-state index contributed by atoms with van der Waals surface area (Å²) in [6, 6.07) is -0.0399. The topological polar surface area (TPSA) is 74.2 Å². The van der Waals surface area contributed by atoms with Gasteiger partial charge in [-0.15, -0.1) is 0 Å². The van der Waals surface area contributed by atoms with Crippen LogP contribution in [0.25, 0.3) is 0 Å². The highest BCUT2D eigenvalue weighted by atomic mass is 19.4. The second-order valence-electron chi connectivity index (χ2n) is 5.07. The first-order chi connectivity index (χ1) is 9.46. The van der Waals surface area contributed by atoms with E-state index in [4.69, 9.17) is 10.3 Å². The number of aromatic nitrogens is 2. The molecule has 8 heteroatoms. The number of alkyl halides is 3. The molecular weight excluding hydrogens is 275 g/mol. The van der Waals surface area contributed by atoms with Crippen LogP contribution in [-0.4, -0.2) is 29.0 Å². The Labute approximate surface area is 114 Å². The largest absolute Gasteiger partial charge is 0.411 e. The van der Waals surface area contributed by atoms with Gasteiger partial charge in [0, 0.05) is 6.04 Å². The van der Waals surface area contributed by atoms with Crippen LogP contribution in [0.1, 0.15) is 49.7 Å². The molecule has 0 aromatic carbocycles. The van der Waals surface area contributed by atoms with Crippen LogP contribution in [0, 0.1) is 0 Å². The third kappa shape index (κ3) is 4.45. The molecule has 0 bridgehead atoms. The zero-order valence-electron chi connectivity index (χ0n) is 11.0. The lowest BCUT2D eigenvalue weighted by Gasteiger charge is -2.16. The van der Waals surface area contributed by atoms with Gasteiger partial charge in [0.1, 0.15) is 13.2 Å². The van der Waals surface area contributed by atoms with Gasteiger partial charge in [-0.1, -0.05) is 24.4 Å². The third-order valence-corrected chi connectivity index (χ3v) is 3.37. The summed E-state index contributed by atoms with van der Waals surface area (Å²) in [5, 5.41) is 3.64. The van der Waals surface area contributed by atoms with Crippen molar-refractivity contribution in [2.75, 3.05) is 6.61 Å². The number of rotatable bonds is 4. The Kier molecular flexibility index (Phi) is 4.98. The number of hydrogen-bond acceptors (Lipinski definition) is 5. The maximum atomic E-state index is 11.9. The van der Waals surface area contributed by atoms with Gasteiger partial charge in [-0.05, 0) is 12.8 Å². The molecule has 1 fully saturated rings. The highest BCUT2D eigenvalue weighted by molar-refractivity contribution is 4.99. The van der Waals surface area contributed by atoms with E-state index in [2.05, 4.69) is 14.9 Å². The van der Waals surface area contributed by atoms with E-state index in [1.165, 1.54) is 0 Å². The van der Waals surface area contributed by atoms with Crippen molar-refractivity contribution < 1.29 is 22.4 Å². The lowest BCUT2D eigenvalue weighted by Crippen LogP contribution is -2.27. The molecule has 2 rings (SSSR count). The molecule has 2 unspecified atom stereocenters. The van der Waals surface area contributed by atoms with Gasteiger partial charge in [0.2, 0.25) is 5.89 Å². The van der Waals surface area contributed by atoms with Crippen LogP contribution in [0.15, 0.2) is 4.52 Å². The standard InChI is InChI=1S/C12H18F3N3O2/c13-12(14,15)7-19-6-10-17-11(20-18-10)8-4-2-1-3-5-9(8)16/h8-9H,1-7,16H2. The zero-order valence-corrected chi connectivity index (χ0v) is 11.0. The molecule has 1 aliphatic rings. The lowest BCUT2D eigenvalue weighted by atomic mass is 9.95. The van der Waals surface area contributed by atoms with Crippen molar-refractivity contribution in [2.24, 2.45) is 5.73 Å². The summed E-state index contributed by atoms with van der Waals surface area (Å²) in [7, 11) is 0. The minimum Gasteiger partial charge on any atom is -0.364 e. The molecule has 20 heavy (non-hydrogen) atoms. The first-order valence-electron chi connectivity index (χ1n) is 6.68. The third-order valence-electron chi connectivity index (χ3n) is 3.37. The highest BCUT2D eigenvalue weighted by Gasteiger charge is 2.29. The van der Waals surface area contributed by atoms with Crippen LogP contribution >= 0.6 is 0 Å². The van der Waals surface area contributed by atoms with E-state index in [9.17, 15) is 13.2 Å². The number of hydrogen-bond donors (Lipinski definition) is 1. The molecular formula is C12H18F3N3O2. The Balaban J connectivity index is 1.90. The fourth-order valence-corrected chi connectivity index (χ4v) is 2.38. The van der Waals surface area contributed by atoms with Crippen molar-refractivity contribution in [1.82, 2.24) is 10.1 Å². The fraction of sp³-hybridized carbons (Fsp3) is 0.833. The highest BCUT2D eigenvalue weighted by Crippen LogP contribution is 2.30. The van der Waals surface area contributed by atoms with Crippen molar-refractivity contribution in [3.8, 4) is 0 Å². The van der Waals surface area contributed by atoms with Crippen LogP contribution in [0.2, 0.25) is 0 Å². The summed E-state index contributed by atoms with van der Waals surface area (Å²) in [6.07, 6.45) is 0.656. The minimum absolute atomic E-state index is 0.0126. The van der Waals surface area contributed by atoms with Crippen LogP contribution in [0.4, 0.5) is 13.2 Å². The molecule has 5 nitrogen and oxygen atoms in total. The number of ether oxygens (including phenoxy) is 1. The van der Waals surface area contributed by atoms with Gasteiger partial charge in [-0.3, -0.25) is 0 Å². The molecule has 2 N–H and O–H groups in total. The van der Waals surface area contributed by atoms with Crippen LogP contribution in [-0.2, 0) is 11.3 Å². The Hall–Kier alpha value is -1.15. The normalized spacial score (nSPS) is 24.6. The Morgan fingerprint density at radius 2 is 2.00 bits per heavy atom. The summed E-state index contributed by atoms with van der Waals surface area (Å²) < 4.78 is 45.4. The molecule has 0 amide bonds. The minimum atomic E-state index is -4.35. The molecule has 2 atom stereocenters. The Morgan fingerprint density at radius 1 is 1.25 bits per heavy atom. The average molecular weight is 293 g/mol. The van der Waals surface area contributed by atoms with Crippen molar-refractivity contribution >= 4 is 0 Å². The average Bonchev–Trinajstić information content (AvgIpc) is 2.70. The maximum Gasteiger partial charge on any atom is 0.411 e. The predicted molar refractivity (Wildman–Crippen MR) is 63.8 cm³/mol. The van der Waals surface area contributed by atoms with Crippen molar-refractivity contribution in [2.45, 2.75) is 56.8 Å². The summed E-state index contributed by atoms with van der Waals surface area (Å²) in [5.74, 6) is 0.520. The Bertz CT molecular complexity index is 422. The van der Waals surface area contributed by atoms with Gasteiger partial charge in [0.15, 0.2) is 5.82 Å². The van der Waals surface area contributed by atoms with Gasteiger partial charge in [0.25, 0.3) is 0 Å². The second kappa shape index (κ2) is 6.53. The summed E-state index contributed by atoms with van der Waals surface area (Å²) in [6.45, 7) is -1.63. The number of nitrogens with two attached hydrogens (primary N) is 1. The number of nitrogens with zero attached hydrogens (tertiary/aromatic N) is 2. The van der Waals surface area contributed by atoms with Gasteiger partial charge < -0.3 is 15.0 Å². The molecule has 0 saturated heterocycles. The van der Waals surface area contributed by atoms with Crippen LogP contribution < -0.4 is 5.73 Å². The van der Waals surface area contributed by atoms with E-state index >= 15 is 0 Å². The smallest absolute Gasteiger partial charge is 0.364 e. The monoisotopic (exact) mass is 293 g/mol. The first-order valence-corrected chi connectivity index (χ1v) is 6.68. The van der Waals surface area contributed by atoms with Crippen molar-refractivity contribution in [1.29, 1.82) is 0 Å². The quantitative estimate of drug-likeness (QED) is 0.863. The zero-order chi connectivity index (χ0) is 14.6. The molecule has 1 aromatic heterocycles. The Morgan fingerprint density at radius 3 is 2.75 bits per heavy atom. The van der Waals surface area contributed by atoms with Gasteiger partial charge in [-0.25, -0.2) is 0 Å². The summed E-state index contributed by atoms with van der Waals surface area (Å²) in [5.41, 5.74) is 6.07. The molecule has 1 saturated carbocycles. The molecule has 0 radical (unpaired) electrons. The van der Waals surface area contributed by atoms with Crippen molar-refractivity contribution in [3.63, 3.8) is 0 Å². The van der Waals surface area contributed by atoms with E-state index in [0.29, 0.717) is 5.89 Å². The van der Waals surface area contributed by atoms with Gasteiger partial charge in [-0.2, -0.15) is 18.2 Å². The van der Waals surface area contributed by atoms with Gasteiger partial charge in [0.05, 0.1) is 5.92 Å². The van der Waals surface area contributed by atoms with Crippen LogP contribution in [0.5, 0.6) is 0 Å². The maximum absolute atomic E-state index is 11.9.